The lowest BCUT2D eigenvalue weighted by Crippen LogP contribution is -2.17. The number of aromatic nitrogens is 4. The molecule has 102 valence electrons. The summed E-state index contributed by atoms with van der Waals surface area (Å²) in [5.74, 6) is 0.353. The molecule has 0 aliphatic carbocycles. The van der Waals surface area contributed by atoms with Crippen molar-refractivity contribution in [3.63, 3.8) is 0 Å². The van der Waals surface area contributed by atoms with E-state index in [9.17, 15) is 8.42 Å². The molecular weight excluding hydrogens is 278 g/mol. The Hall–Kier alpha value is -2.32. The van der Waals surface area contributed by atoms with Crippen molar-refractivity contribution in [2.45, 2.75) is 5.16 Å². The van der Waals surface area contributed by atoms with Crippen LogP contribution in [0, 0.1) is 0 Å². The Labute approximate surface area is 115 Å². The lowest BCUT2D eigenvalue weighted by Gasteiger charge is -2.05. The van der Waals surface area contributed by atoms with E-state index in [2.05, 4.69) is 15.2 Å². The zero-order valence-corrected chi connectivity index (χ0v) is 11.4. The predicted molar refractivity (Wildman–Crippen MR) is 73.1 cm³/mol. The summed E-state index contributed by atoms with van der Waals surface area (Å²) in [5, 5.41) is 14.2. The maximum Gasteiger partial charge on any atom is 0.273 e. The zero-order valence-electron chi connectivity index (χ0n) is 10.6. The third-order valence-electron chi connectivity index (χ3n) is 2.97. The van der Waals surface area contributed by atoms with Crippen molar-refractivity contribution < 1.29 is 8.42 Å². The molecule has 0 fully saturated rings. The van der Waals surface area contributed by atoms with Crippen molar-refractivity contribution in [3.8, 4) is 11.5 Å². The first-order valence-electron chi connectivity index (χ1n) is 5.75. The highest BCUT2D eigenvalue weighted by atomic mass is 32.2. The van der Waals surface area contributed by atoms with Crippen LogP contribution in [0.5, 0.6) is 0 Å². The molecule has 0 amide bonds. The molecule has 0 aliphatic rings. The van der Waals surface area contributed by atoms with Crippen LogP contribution in [0.4, 0.5) is 0 Å². The SMILES string of the molecule is Cn1c(-c2nccc3ccccc23)nnc1S(N)(=O)=O. The average molecular weight is 289 g/mol. The highest BCUT2D eigenvalue weighted by Gasteiger charge is 2.21. The molecule has 8 heteroatoms. The third kappa shape index (κ3) is 1.95. The molecule has 0 unspecified atom stereocenters. The lowest BCUT2D eigenvalue weighted by molar-refractivity contribution is 0.580. The number of nitrogens with two attached hydrogens (primary N) is 1. The Morgan fingerprint density at radius 1 is 1.15 bits per heavy atom. The Morgan fingerprint density at radius 3 is 2.60 bits per heavy atom. The summed E-state index contributed by atoms with van der Waals surface area (Å²) >= 11 is 0. The van der Waals surface area contributed by atoms with Gasteiger partial charge in [-0.3, -0.25) is 9.55 Å². The Morgan fingerprint density at radius 2 is 1.90 bits per heavy atom. The van der Waals surface area contributed by atoms with Gasteiger partial charge >= 0.3 is 0 Å². The van der Waals surface area contributed by atoms with Crippen LogP contribution >= 0.6 is 0 Å². The van der Waals surface area contributed by atoms with Gasteiger partial charge in [0.15, 0.2) is 5.82 Å². The van der Waals surface area contributed by atoms with Crippen molar-refractivity contribution in [2.75, 3.05) is 0 Å². The van der Waals surface area contributed by atoms with E-state index in [1.165, 1.54) is 4.57 Å². The standard InChI is InChI=1S/C12H11N5O2S/c1-17-11(15-16-12(17)20(13,18)19)10-9-5-3-2-4-8(9)6-7-14-10/h2-7H,1H3,(H2,13,18,19). The van der Waals surface area contributed by atoms with E-state index in [1.54, 1.807) is 13.2 Å². The van der Waals surface area contributed by atoms with Gasteiger partial charge in [0.1, 0.15) is 5.69 Å². The number of rotatable bonds is 2. The first kappa shape index (κ1) is 12.7. The van der Waals surface area contributed by atoms with Crippen LogP contribution in [-0.4, -0.2) is 28.2 Å². The van der Waals surface area contributed by atoms with E-state index >= 15 is 0 Å². The first-order valence-corrected chi connectivity index (χ1v) is 7.29. The van der Waals surface area contributed by atoms with Gasteiger partial charge in [-0.25, -0.2) is 13.6 Å². The van der Waals surface area contributed by atoms with E-state index in [1.807, 2.05) is 30.3 Å². The summed E-state index contributed by atoms with van der Waals surface area (Å²) in [6.07, 6.45) is 1.64. The smallest absolute Gasteiger partial charge is 0.273 e. The maximum atomic E-state index is 11.4. The Balaban J connectivity index is 2.30. The molecule has 7 nitrogen and oxygen atoms in total. The number of primary sulfonamides is 1. The normalized spacial score (nSPS) is 11.9. The van der Waals surface area contributed by atoms with Gasteiger partial charge in [-0.1, -0.05) is 24.3 Å². The second-order valence-corrected chi connectivity index (χ2v) is 5.75. The minimum absolute atomic E-state index is 0.290. The van der Waals surface area contributed by atoms with Gasteiger partial charge in [-0.15, -0.1) is 10.2 Å². The van der Waals surface area contributed by atoms with Gasteiger partial charge in [0.25, 0.3) is 15.2 Å². The van der Waals surface area contributed by atoms with Crippen LogP contribution in [0.3, 0.4) is 0 Å². The van der Waals surface area contributed by atoms with Crippen LogP contribution in [-0.2, 0) is 17.1 Å². The van der Waals surface area contributed by atoms with E-state index in [0.29, 0.717) is 11.5 Å². The van der Waals surface area contributed by atoms with Gasteiger partial charge in [-0.2, -0.15) is 0 Å². The van der Waals surface area contributed by atoms with Gasteiger partial charge in [-0.05, 0) is 11.5 Å². The fourth-order valence-electron chi connectivity index (χ4n) is 2.07. The van der Waals surface area contributed by atoms with Gasteiger partial charge in [0.05, 0.1) is 0 Å². The second kappa shape index (κ2) is 4.36. The highest BCUT2D eigenvalue weighted by molar-refractivity contribution is 7.89. The molecule has 3 aromatic rings. The summed E-state index contributed by atoms with van der Waals surface area (Å²) < 4.78 is 24.1. The van der Waals surface area contributed by atoms with Crippen molar-refractivity contribution >= 4 is 20.8 Å². The van der Waals surface area contributed by atoms with E-state index in [4.69, 9.17) is 5.14 Å². The molecule has 0 spiro atoms. The number of pyridine rings is 1. The molecule has 0 saturated heterocycles. The molecule has 2 heterocycles. The molecule has 3 rings (SSSR count). The summed E-state index contributed by atoms with van der Waals surface area (Å²) in [5.41, 5.74) is 0.563. The Bertz CT molecular complexity index is 896. The number of benzene rings is 1. The number of hydrogen-bond acceptors (Lipinski definition) is 5. The average Bonchev–Trinajstić information content (AvgIpc) is 2.80. The lowest BCUT2D eigenvalue weighted by atomic mass is 10.1. The molecule has 1 aromatic carbocycles. The number of fused-ring (bicyclic) bond motifs is 1. The van der Waals surface area contributed by atoms with Gasteiger partial charge < -0.3 is 0 Å². The Kier molecular flexibility index (Phi) is 2.77. The zero-order chi connectivity index (χ0) is 14.3. The number of nitrogens with zero attached hydrogens (tertiary/aromatic N) is 4. The molecule has 2 aromatic heterocycles. The maximum absolute atomic E-state index is 11.4. The van der Waals surface area contributed by atoms with E-state index in [-0.39, 0.29) is 5.16 Å². The number of sulfonamides is 1. The van der Waals surface area contributed by atoms with Crippen LogP contribution in [0.2, 0.25) is 0 Å². The van der Waals surface area contributed by atoms with Crippen molar-refractivity contribution in [3.05, 3.63) is 36.5 Å². The molecule has 0 saturated carbocycles. The molecule has 2 N–H and O–H groups in total. The minimum Gasteiger partial charge on any atom is -0.299 e. The molecular formula is C12H11N5O2S. The fourth-order valence-corrected chi connectivity index (χ4v) is 2.69. The fraction of sp³-hybridized carbons (Fsp3) is 0.0833. The summed E-state index contributed by atoms with van der Waals surface area (Å²) in [4.78, 5) is 4.27. The molecule has 0 atom stereocenters. The monoisotopic (exact) mass is 289 g/mol. The van der Waals surface area contributed by atoms with Crippen molar-refractivity contribution in [1.82, 2.24) is 19.7 Å². The minimum atomic E-state index is -3.91. The van der Waals surface area contributed by atoms with Crippen LogP contribution in [0.25, 0.3) is 22.3 Å². The molecule has 0 aliphatic heterocycles. The molecule has 20 heavy (non-hydrogen) atoms. The van der Waals surface area contributed by atoms with E-state index in [0.717, 1.165) is 10.8 Å². The summed E-state index contributed by atoms with van der Waals surface area (Å²) in [6, 6.07) is 9.50. The largest absolute Gasteiger partial charge is 0.299 e. The van der Waals surface area contributed by atoms with Gasteiger partial charge in [0, 0.05) is 18.6 Å². The van der Waals surface area contributed by atoms with Crippen molar-refractivity contribution in [2.24, 2.45) is 12.2 Å². The first-order chi connectivity index (χ1) is 9.48. The quantitative estimate of drug-likeness (QED) is 0.747. The highest BCUT2D eigenvalue weighted by Crippen LogP contribution is 2.25. The molecule has 0 bridgehead atoms. The van der Waals surface area contributed by atoms with Crippen LogP contribution < -0.4 is 5.14 Å². The van der Waals surface area contributed by atoms with E-state index < -0.39 is 10.0 Å². The summed E-state index contributed by atoms with van der Waals surface area (Å²) in [7, 11) is -2.37. The van der Waals surface area contributed by atoms with Gasteiger partial charge in [0.2, 0.25) is 0 Å². The van der Waals surface area contributed by atoms with Crippen LogP contribution in [0.1, 0.15) is 0 Å². The summed E-state index contributed by atoms with van der Waals surface area (Å²) in [6.45, 7) is 0. The second-order valence-electron chi connectivity index (χ2n) is 4.29. The number of hydrogen-bond donors (Lipinski definition) is 1. The third-order valence-corrected chi connectivity index (χ3v) is 3.84. The van der Waals surface area contributed by atoms with Crippen molar-refractivity contribution in [1.29, 1.82) is 0 Å². The molecule has 0 radical (unpaired) electrons. The predicted octanol–water partition coefficient (Wildman–Crippen LogP) is 0.678. The van der Waals surface area contributed by atoms with Crippen LogP contribution in [0.15, 0.2) is 41.7 Å². The topological polar surface area (TPSA) is 104 Å².